The molecule has 5 heteroatoms. The van der Waals surface area contributed by atoms with Crippen LogP contribution < -0.4 is 4.90 Å². The number of aromatic nitrogens is 1. The van der Waals surface area contributed by atoms with E-state index >= 15 is 0 Å². The lowest BCUT2D eigenvalue weighted by atomic mass is 10.1. The molecule has 0 saturated carbocycles. The largest absolute Gasteiger partial charge is 0.268 e. The van der Waals surface area contributed by atoms with Crippen LogP contribution in [0, 0.1) is 0 Å². The summed E-state index contributed by atoms with van der Waals surface area (Å²) in [6.45, 7) is 4.20. The van der Waals surface area contributed by atoms with Crippen molar-refractivity contribution in [3.63, 3.8) is 0 Å². The first-order valence-electron chi connectivity index (χ1n) is 7.44. The summed E-state index contributed by atoms with van der Waals surface area (Å²) < 4.78 is 0.989. The van der Waals surface area contributed by atoms with Crippen molar-refractivity contribution in [3.05, 3.63) is 58.6 Å². The molecule has 2 amide bonds. The van der Waals surface area contributed by atoms with Gasteiger partial charge in [-0.05, 0) is 30.3 Å². The van der Waals surface area contributed by atoms with Gasteiger partial charge in [0.25, 0.3) is 11.8 Å². The molecule has 0 N–H and O–H groups in total. The molecular formula is C18H14N2O2S. The molecule has 1 aliphatic heterocycles. The van der Waals surface area contributed by atoms with Gasteiger partial charge in [0.2, 0.25) is 0 Å². The summed E-state index contributed by atoms with van der Waals surface area (Å²) in [5.41, 5.74) is 2.43. The lowest BCUT2D eigenvalue weighted by Crippen LogP contribution is -2.29. The summed E-state index contributed by atoms with van der Waals surface area (Å²) in [4.78, 5) is 30.9. The second-order valence-electron chi connectivity index (χ2n) is 5.85. The Labute approximate surface area is 137 Å². The number of anilines is 1. The summed E-state index contributed by atoms with van der Waals surface area (Å²) in [6, 6.07) is 12.5. The Morgan fingerprint density at radius 3 is 2.26 bits per heavy atom. The summed E-state index contributed by atoms with van der Waals surface area (Å²) in [6.07, 6.45) is 0. The summed E-state index contributed by atoms with van der Waals surface area (Å²) in [7, 11) is 0. The van der Waals surface area contributed by atoms with Crippen molar-refractivity contribution in [1.29, 1.82) is 0 Å². The standard InChI is InChI=1S/C18H14N2O2S/c1-10(2)16-19-14-8-7-11(9-15(14)23-16)20-17(21)12-5-3-4-6-13(12)18(20)22/h3-10H,1-2H3. The number of nitrogens with zero attached hydrogens (tertiary/aromatic N) is 2. The Bertz CT molecular complexity index is 924. The molecule has 1 aromatic heterocycles. The number of rotatable bonds is 2. The summed E-state index contributed by atoms with van der Waals surface area (Å²) in [5.74, 6) is -0.174. The number of hydrogen-bond donors (Lipinski definition) is 0. The second kappa shape index (κ2) is 4.99. The average molecular weight is 322 g/mol. The third kappa shape index (κ3) is 2.08. The fraction of sp³-hybridized carbons (Fsp3) is 0.167. The van der Waals surface area contributed by atoms with Gasteiger partial charge in [-0.1, -0.05) is 26.0 Å². The first-order valence-corrected chi connectivity index (χ1v) is 8.26. The molecule has 23 heavy (non-hydrogen) atoms. The summed E-state index contributed by atoms with van der Waals surface area (Å²) >= 11 is 1.60. The predicted molar refractivity (Wildman–Crippen MR) is 91.3 cm³/mol. The second-order valence-corrected chi connectivity index (χ2v) is 6.91. The molecule has 0 saturated heterocycles. The van der Waals surface area contributed by atoms with Crippen LogP contribution in [0.15, 0.2) is 42.5 Å². The van der Waals surface area contributed by atoms with Crippen LogP contribution >= 0.6 is 11.3 Å². The van der Waals surface area contributed by atoms with Gasteiger partial charge >= 0.3 is 0 Å². The van der Waals surface area contributed by atoms with Gasteiger partial charge in [0.15, 0.2) is 0 Å². The van der Waals surface area contributed by atoms with Gasteiger partial charge in [-0.2, -0.15) is 0 Å². The van der Waals surface area contributed by atoms with Crippen LogP contribution in [0.2, 0.25) is 0 Å². The number of carbonyl (C=O) groups is 2. The molecule has 0 bridgehead atoms. The number of amides is 2. The minimum atomic E-state index is -0.265. The third-order valence-corrected chi connectivity index (χ3v) is 5.25. The van der Waals surface area contributed by atoms with E-state index < -0.39 is 0 Å². The normalized spacial score (nSPS) is 14.1. The van der Waals surface area contributed by atoms with Crippen LogP contribution in [0.3, 0.4) is 0 Å². The average Bonchev–Trinajstić information content (AvgIpc) is 3.08. The van der Waals surface area contributed by atoms with E-state index in [9.17, 15) is 9.59 Å². The molecule has 0 atom stereocenters. The zero-order valence-corrected chi connectivity index (χ0v) is 13.6. The number of carbonyl (C=O) groups excluding carboxylic acids is 2. The van der Waals surface area contributed by atoms with Crippen LogP contribution in [0.1, 0.15) is 45.5 Å². The number of hydrogen-bond acceptors (Lipinski definition) is 4. The monoisotopic (exact) mass is 322 g/mol. The molecule has 0 radical (unpaired) electrons. The maximum Gasteiger partial charge on any atom is 0.266 e. The molecule has 4 nitrogen and oxygen atoms in total. The van der Waals surface area contributed by atoms with Crippen molar-refractivity contribution in [2.45, 2.75) is 19.8 Å². The first kappa shape index (κ1) is 14.1. The molecule has 4 rings (SSSR count). The van der Waals surface area contributed by atoms with E-state index in [0.717, 1.165) is 15.2 Å². The SMILES string of the molecule is CC(C)c1nc2ccc(N3C(=O)c4ccccc4C3=O)cc2s1. The van der Waals surface area contributed by atoms with E-state index in [1.54, 1.807) is 41.7 Å². The molecule has 0 spiro atoms. The highest BCUT2D eigenvalue weighted by atomic mass is 32.1. The van der Waals surface area contributed by atoms with Gasteiger partial charge in [0, 0.05) is 5.92 Å². The minimum Gasteiger partial charge on any atom is -0.268 e. The Kier molecular flexibility index (Phi) is 3.06. The first-order chi connectivity index (χ1) is 11.1. The number of fused-ring (bicyclic) bond motifs is 2. The number of thiazole rings is 1. The highest BCUT2D eigenvalue weighted by Crippen LogP contribution is 2.33. The van der Waals surface area contributed by atoms with Gasteiger partial charge < -0.3 is 0 Å². The van der Waals surface area contributed by atoms with Crippen molar-refractivity contribution in [1.82, 2.24) is 4.98 Å². The molecule has 2 heterocycles. The zero-order valence-electron chi connectivity index (χ0n) is 12.7. The van der Waals surface area contributed by atoms with Gasteiger partial charge in [-0.3, -0.25) is 9.59 Å². The van der Waals surface area contributed by atoms with Crippen LogP contribution in [0.5, 0.6) is 0 Å². The van der Waals surface area contributed by atoms with Crippen molar-refractivity contribution >= 4 is 39.1 Å². The fourth-order valence-corrected chi connectivity index (χ4v) is 3.74. The van der Waals surface area contributed by atoms with Crippen LogP contribution in [-0.2, 0) is 0 Å². The Morgan fingerprint density at radius 2 is 1.65 bits per heavy atom. The topological polar surface area (TPSA) is 50.3 Å². The van der Waals surface area contributed by atoms with Crippen molar-refractivity contribution in [2.75, 3.05) is 4.90 Å². The molecule has 0 unspecified atom stereocenters. The number of benzene rings is 2. The minimum absolute atomic E-state index is 0.265. The quantitative estimate of drug-likeness (QED) is 0.664. The van der Waals surface area contributed by atoms with Crippen molar-refractivity contribution in [3.8, 4) is 0 Å². The van der Waals surface area contributed by atoms with Gasteiger partial charge in [-0.25, -0.2) is 9.88 Å². The van der Waals surface area contributed by atoms with E-state index in [2.05, 4.69) is 18.8 Å². The maximum absolute atomic E-state index is 12.5. The van der Waals surface area contributed by atoms with Gasteiger partial charge in [-0.15, -0.1) is 11.3 Å². The number of imide groups is 1. The van der Waals surface area contributed by atoms with E-state index in [1.807, 2.05) is 12.1 Å². The van der Waals surface area contributed by atoms with Crippen molar-refractivity contribution < 1.29 is 9.59 Å². The molecule has 1 aliphatic rings. The zero-order chi connectivity index (χ0) is 16.1. The van der Waals surface area contributed by atoms with Crippen LogP contribution in [0.4, 0.5) is 5.69 Å². The van der Waals surface area contributed by atoms with E-state index in [0.29, 0.717) is 22.7 Å². The Hall–Kier alpha value is -2.53. The molecule has 0 aliphatic carbocycles. The maximum atomic E-state index is 12.5. The van der Waals surface area contributed by atoms with Crippen LogP contribution in [-0.4, -0.2) is 16.8 Å². The summed E-state index contributed by atoms with van der Waals surface area (Å²) in [5, 5.41) is 1.06. The van der Waals surface area contributed by atoms with E-state index in [4.69, 9.17) is 0 Å². The highest BCUT2D eigenvalue weighted by molar-refractivity contribution is 7.18. The van der Waals surface area contributed by atoms with E-state index in [1.165, 1.54) is 4.90 Å². The Morgan fingerprint density at radius 1 is 1.00 bits per heavy atom. The lowest BCUT2D eigenvalue weighted by molar-refractivity contribution is 0.0926. The lowest BCUT2D eigenvalue weighted by Gasteiger charge is -2.13. The Balaban J connectivity index is 1.81. The molecule has 2 aromatic carbocycles. The van der Waals surface area contributed by atoms with Crippen LogP contribution in [0.25, 0.3) is 10.2 Å². The van der Waals surface area contributed by atoms with E-state index in [-0.39, 0.29) is 11.8 Å². The predicted octanol–water partition coefficient (Wildman–Crippen LogP) is 4.22. The molecule has 0 fully saturated rings. The third-order valence-electron chi connectivity index (χ3n) is 3.93. The molecule has 114 valence electrons. The molecular weight excluding hydrogens is 308 g/mol. The van der Waals surface area contributed by atoms with Gasteiger partial charge in [0.05, 0.1) is 32.0 Å². The highest BCUT2D eigenvalue weighted by Gasteiger charge is 2.36. The smallest absolute Gasteiger partial charge is 0.266 e. The van der Waals surface area contributed by atoms with Crippen molar-refractivity contribution in [2.24, 2.45) is 0 Å². The fourth-order valence-electron chi connectivity index (χ4n) is 2.74. The molecule has 3 aromatic rings. The van der Waals surface area contributed by atoms with Gasteiger partial charge in [0.1, 0.15) is 0 Å².